The van der Waals surface area contributed by atoms with E-state index in [1.807, 2.05) is 42.5 Å². The van der Waals surface area contributed by atoms with Crippen molar-refractivity contribution in [3.05, 3.63) is 64.7 Å². The van der Waals surface area contributed by atoms with Crippen molar-refractivity contribution in [3.63, 3.8) is 0 Å². The molecule has 2 aromatic rings. The van der Waals surface area contributed by atoms with E-state index in [-0.39, 0.29) is 18.6 Å². The number of aryl methyl sites for hydroxylation is 1. The lowest BCUT2D eigenvalue weighted by atomic mass is 10.0. The fraction of sp³-hybridized carbons (Fsp3) is 0.435. The molecular weight excluding hydrogens is 372 g/mol. The van der Waals surface area contributed by atoms with Crippen molar-refractivity contribution < 1.29 is 9.53 Å². The fourth-order valence-corrected chi connectivity index (χ4v) is 3.90. The molecule has 0 radical (unpaired) electrons. The summed E-state index contributed by atoms with van der Waals surface area (Å²) < 4.78 is 5.62. The molecule has 0 bridgehead atoms. The summed E-state index contributed by atoms with van der Waals surface area (Å²) in [7, 11) is 0. The van der Waals surface area contributed by atoms with Crippen LogP contribution in [0.25, 0.3) is 0 Å². The van der Waals surface area contributed by atoms with E-state index in [1.54, 1.807) is 0 Å². The molecule has 1 heterocycles. The molecule has 1 fully saturated rings. The van der Waals surface area contributed by atoms with E-state index in [1.165, 1.54) is 24.8 Å². The molecule has 1 N–H and O–H groups in total. The lowest BCUT2D eigenvalue weighted by Crippen LogP contribution is -2.41. The Hall–Kier alpha value is -2.04. The largest absolute Gasteiger partial charge is 0.484 e. The number of nitrogens with one attached hydrogen (secondary N) is 1. The molecule has 5 heteroatoms. The standard InChI is InChI=1S/C23H29ClN2O2/c1-2-18-10-12-19(13-11-18)28-17-23(27)25-16-22(26-14-6-3-7-15-26)20-8-4-5-9-21(20)24/h4-5,8-13,22H,2-3,6-7,14-17H2,1H3,(H,25,27)/t22-/m0/s1. The number of hydrogen-bond acceptors (Lipinski definition) is 3. The molecule has 1 amide bonds. The summed E-state index contributed by atoms with van der Waals surface area (Å²) in [5, 5.41) is 3.78. The highest BCUT2D eigenvalue weighted by molar-refractivity contribution is 6.31. The summed E-state index contributed by atoms with van der Waals surface area (Å²) in [4.78, 5) is 14.8. The number of benzene rings is 2. The number of ether oxygens (including phenoxy) is 1. The Bertz CT molecular complexity index is 757. The average Bonchev–Trinajstić information content (AvgIpc) is 2.74. The smallest absolute Gasteiger partial charge is 0.258 e. The molecule has 0 unspecified atom stereocenters. The minimum Gasteiger partial charge on any atom is -0.484 e. The van der Waals surface area contributed by atoms with Gasteiger partial charge in [0.05, 0.1) is 6.04 Å². The fourth-order valence-electron chi connectivity index (χ4n) is 3.64. The number of carbonyl (C=O) groups is 1. The van der Waals surface area contributed by atoms with E-state index in [0.717, 1.165) is 30.1 Å². The number of piperidine rings is 1. The van der Waals surface area contributed by atoms with Gasteiger partial charge in [-0.2, -0.15) is 0 Å². The minimum atomic E-state index is -0.117. The van der Waals surface area contributed by atoms with Crippen LogP contribution in [0.2, 0.25) is 5.02 Å². The predicted molar refractivity (Wildman–Crippen MR) is 114 cm³/mol. The van der Waals surface area contributed by atoms with Gasteiger partial charge >= 0.3 is 0 Å². The third-order valence-corrected chi connectivity index (χ3v) is 5.63. The molecule has 1 atom stereocenters. The lowest BCUT2D eigenvalue weighted by Gasteiger charge is -2.35. The maximum Gasteiger partial charge on any atom is 0.258 e. The first-order chi connectivity index (χ1) is 13.7. The third kappa shape index (κ3) is 5.73. The number of likely N-dealkylation sites (tertiary alicyclic amines) is 1. The van der Waals surface area contributed by atoms with E-state index in [4.69, 9.17) is 16.3 Å². The molecule has 0 spiro atoms. The average molecular weight is 401 g/mol. The number of nitrogens with zero attached hydrogens (tertiary/aromatic N) is 1. The summed E-state index contributed by atoms with van der Waals surface area (Å²) >= 11 is 6.46. The van der Waals surface area contributed by atoms with Gasteiger partial charge in [0.15, 0.2) is 6.61 Å². The van der Waals surface area contributed by atoms with Crippen LogP contribution in [0.3, 0.4) is 0 Å². The van der Waals surface area contributed by atoms with Crippen molar-refractivity contribution in [2.75, 3.05) is 26.2 Å². The Labute approximate surface area is 172 Å². The lowest BCUT2D eigenvalue weighted by molar-refractivity contribution is -0.123. The first-order valence-electron chi connectivity index (χ1n) is 10.1. The molecule has 0 saturated carbocycles. The first kappa shape index (κ1) is 20.7. The maximum atomic E-state index is 12.4. The Kier molecular flexibility index (Phi) is 7.75. The quantitative estimate of drug-likeness (QED) is 0.702. The van der Waals surface area contributed by atoms with Gasteiger partial charge in [-0.25, -0.2) is 0 Å². The van der Waals surface area contributed by atoms with Crippen molar-refractivity contribution in [3.8, 4) is 5.75 Å². The number of amides is 1. The van der Waals surface area contributed by atoms with Gasteiger partial charge in [-0.3, -0.25) is 9.69 Å². The minimum absolute atomic E-state index is 0.0146. The molecular formula is C23H29ClN2O2. The zero-order valence-electron chi connectivity index (χ0n) is 16.5. The maximum absolute atomic E-state index is 12.4. The Morgan fingerprint density at radius 1 is 1.11 bits per heavy atom. The molecule has 0 aromatic heterocycles. The van der Waals surface area contributed by atoms with Crippen molar-refractivity contribution in [2.45, 2.75) is 38.6 Å². The molecule has 150 valence electrons. The van der Waals surface area contributed by atoms with E-state index in [9.17, 15) is 4.79 Å². The zero-order valence-corrected chi connectivity index (χ0v) is 17.3. The SMILES string of the molecule is CCc1ccc(OCC(=O)NC[C@@H](c2ccccc2Cl)N2CCCCC2)cc1. The van der Waals surface area contributed by atoms with Crippen molar-refractivity contribution >= 4 is 17.5 Å². The monoisotopic (exact) mass is 400 g/mol. The van der Waals surface area contributed by atoms with Crippen LogP contribution in [0.15, 0.2) is 48.5 Å². The second-order valence-corrected chi connectivity index (χ2v) is 7.63. The molecule has 4 nitrogen and oxygen atoms in total. The highest BCUT2D eigenvalue weighted by atomic mass is 35.5. The van der Waals surface area contributed by atoms with Crippen molar-refractivity contribution in [2.24, 2.45) is 0 Å². The van der Waals surface area contributed by atoms with Crippen LogP contribution in [0.5, 0.6) is 5.75 Å². The first-order valence-corrected chi connectivity index (χ1v) is 10.5. The van der Waals surface area contributed by atoms with E-state index in [0.29, 0.717) is 12.3 Å². The van der Waals surface area contributed by atoms with Crippen LogP contribution in [0.1, 0.15) is 43.4 Å². The van der Waals surface area contributed by atoms with Gasteiger partial charge in [-0.1, -0.05) is 55.3 Å². The van der Waals surface area contributed by atoms with Gasteiger partial charge in [-0.15, -0.1) is 0 Å². The number of rotatable bonds is 8. The highest BCUT2D eigenvalue weighted by Gasteiger charge is 2.24. The van der Waals surface area contributed by atoms with Crippen LogP contribution in [0.4, 0.5) is 0 Å². The Morgan fingerprint density at radius 3 is 2.50 bits per heavy atom. The van der Waals surface area contributed by atoms with Crippen molar-refractivity contribution in [1.29, 1.82) is 0 Å². The van der Waals surface area contributed by atoms with Crippen LogP contribution >= 0.6 is 11.6 Å². The van der Waals surface area contributed by atoms with Crippen LogP contribution in [-0.2, 0) is 11.2 Å². The molecule has 28 heavy (non-hydrogen) atoms. The molecule has 1 aliphatic heterocycles. The number of halogens is 1. The second kappa shape index (κ2) is 10.5. The van der Waals surface area contributed by atoms with Crippen LogP contribution in [-0.4, -0.2) is 37.0 Å². The summed E-state index contributed by atoms with van der Waals surface area (Å²) in [6.07, 6.45) is 4.63. The molecule has 2 aromatic carbocycles. The number of carbonyl (C=O) groups excluding carboxylic acids is 1. The zero-order chi connectivity index (χ0) is 19.8. The molecule has 0 aliphatic carbocycles. The topological polar surface area (TPSA) is 41.6 Å². The Morgan fingerprint density at radius 2 is 1.82 bits per heavy atom. The third-order valence-electron chi connectivity index (χ3n) is 5.29. The van der Waals surface area contributed by atoms with Crippen LogP contribution < -0.4 is 10.1 Å². The summed E-state index contributed by atoms with van der Waals surface area (Å²) in [6, 6.07) is 15.9. The van der Waals surface area contributed by atoms with E-state index >= 15 is 0 Å². The summed E-state index contributed by atoms with van der Waals surface area (Å²) in [5.74, 6) is 0.597. The predicted octanol–water partition coefficient (Wildman–Crippen LogP) is 4.62. The summed E-state index contributed by atoms with van der Waals surface area (Å²) in [5.41, 5.74) is 2.32. The van der Waals surface area contributed by atoms with Gasteiger partial charge in [-0.05, 0) is 61.7 Å². The molecule has 3 rings (SSSR count). The molecule has 1 aliphatic rings. The van der Waals surface area contributed by atoms with Gasteiger partial charge in [0.2, 0.25) is 0 Å². The highest BCUT2D eigenvalue weighted by Crippen LogP contribution is 2.29. The Balaban J connectivity index is 1.57. The number of hydrogen-bond donors (Lipinski definition) is 1. The van der Waals surface area contributed by atoms with Crippen molar-refractivity contribution in [1.82, 2.24) is 10.2 Å². The second-order valence-electron chi connectivity index (χ2n) is 7.22. The summed E-state index contributed by atoms with van der Waals surface area (Å²) in [6.45, 7) is 4.72. The van der Waals surface area contributed by atoms with Gasteiger partial charge in [0, 0.05) is 11.6 Å². The van der Waals surface area contributed by atoms with Gasteiger partial charge < -0.3 is 10.1 Å². The molecule has 1 saturated heterocycles. The van der Waals surface area contributed by atoms with Gasteiger partial charge in [0.25, 0.3) is 5.91 Å². The van der Waals surface area contributed by atoms with Gasteiger partial charge in [0.1, 0.15) is 5.75 Å². The van der Waals surface area contributed by atoms with E-state index in [2.05, 4.69) is 23.2 Å². The van der Waals surface area contributed by atoms with Crippen LogP contribution in [0, 0.1) is 0 Å². The van der Waals surface area contributed by atoms with E-state index < -0.39 is 0 Å². The normalized spacial score (nSPS) is 15.8.